The first-order chi connectivity index (χ1) is 9.61. The van der Waals surface area contributed by atoms with Crippen LogP contribution in [0.25, 0.3) is 11.4 Å². The van der Waals surface area contributed by atoms with Gasteiger partial charge in [0.05, 0.1) is 12.4 Å². The predicted octanol–water partition coefficient (Wildman–Crippen LogP) is 2.45. The van der Waals surface area contributed by atoms with Crippen LogP contribution >= 0.6 is 11.8 Å². The Bertz CT molecular complexity index is 610. The maximum absolute atomic E-state index is 11.3. The molecule has 2 aromatic rings. The molecule has 0 radical (unpaired) electrons. The molecule has 0 aliphatic carbocycles. The molecule has 0 saturated heterocycles. The number of benzene rings is 1. The number of hydrogen-bond donors (Lipinski definition) is 0. The highest BCUT2D eigenvalue weighted by molar-refractivity contribution is 7.99. The molecule has 1 heterocycles. The van der Waals surface area contributed by atoms with Crippen LogP contribution in [0.2, 0.25) is 0 Å². The molecule has 1 aromatic heterocycles. The van der Waals surface area contributed by atoms with E-state index >= 15 is 0 Å². The fraction of sp³-hybridized carbons (Fsp3) is 0.357. The molecular weight excluding hydrogens is 274 g/mol. The standard InChI is InChI=1S/C14H17N3O2S/c1-4-19-12(18)9-20-14-16-15-13(17(14)3)11-7-5-6-10(2)8-11/h5-8H,4,9H2,1-3H3. The van der Waals surface area contributed by atoms with Crippen LogP contribution in [0.5, 0.6) is 0 Å². The first-order valence-corrected chi connectivity index (χ1v) is 7.35. The number of carbonyl (C=O) groups is 1. The summed E-state index contributed by atoms with van der Waals surface area (Å²) in [7, 11) is 1.89. The number of nitrogens with zero attached hydrogens (tertiary/aromatic N) is 3. The third kappa shape index (κ3) is 3.39. The molecule has 0 aliphatic heterocycles. The van der Waals surface area contributed by atoms with E-state index in [1.165, 1.54) is 17.3 Å². The van der Waals surface area contributed by atoms with Gasteiger partial charge in [-0.3, -0.25) is 4.79 Å². The minimum absolute atomic E-state index is 0.238. The number of aryl methyl sites for hydroxylation is 1. The third-order valence-corrected chi connectivity index (χ3v) is 3.73. The number of rotatable bonds is 5. The number of aromatic nitrogens is 3. The van der Waals surface area contributed by atoms with Crippen molar-refractivity contribution in [2.75, 3.05) is 12.4 Å². The van der Waals surface area contributed by atoms with Gasteiger partial charge in [-0.2, -0.15) is 0 Å². The largest absolute Gasteiger partial charge is 0.465 e. The molecule has 0 unspecified atom stereocenters. The molecule has 0 spiro atoms. The van der Waals surface area contributed by atoms with E-state index in [2.05, 4.69) is 16.3 Å². The summed E-state index contributed by atoms with van der Waals surface area (Å²) in [6.45, 7) is 4.23. The summed E-state index contributed by atoms with van der Waals surface area (Å²) >= 11 is 1.33. The maximum Gasteiger partial charge on any atom is 0.316 e. The summed E-state index contributed by atoms with van der Waals surface area (Å²) in [5.74, 6) is 0.797. The summed E-state index contributed by atoms with van der Waals surface area (Å²) < 4.78 is 6.78. The Morgan fingerprint density at radius 2 is 2.20 bits per heavy atom. The van der Waals surface area contributed by atoms with Crippen LogP contribution in [-0.2, 0) is 16.6 Å². The van der Waals surface area contributed by atoms with Crippen molar-refractivity contribution in [1.82, 2.24) is 14.8 Å². The van der Waals surface area contributed by atoms with Crippen molar-refractivity contribution in [3.8, 4) is 11.4 Å². The lowest BCUT2D eigenvalue weighted by molar-refractivity contribution is -0.139. The van der Waals surface area contributed by atoms with Gasteiger partial charge in [-0.1, -0.05) is 35.5 Å². The SMILES string of the molecule is CCOC(=O)CSc1nnc(-c2cccc(C)c2)n1C. The normalized spacial score (nSPS) is 10.6. The van der Waals surface area contributed by atoms with E-state index in [1.807, 2.05) is 36.7 Å². The van der Waals surface area contributed by atoms with E-state index in [0.29, 0.717) is 11.8 Å². The van der Waals surface area contributed by atoms with Crippen LogP contribution in [0.1, 0.15) is 12.5 Å². The van der Waals surface area contributed by atoms with Crippen LogP contribution in [-0.4, -0.2) is 33.1 Å². The zero-order valence-corrected chi connectivity index (χ0v) is 12.6. The lowest BCUT2D eigenvalue weighted by Crippen LogP contribution is -2.07. The van der Waals surface area contributed by atoms with E-state index in [4.69, 9.17) is 4.74 Å². The van der Waals surface area contributed by atoms with Crippen LogP contribution in [0.15, 0.2) is 29.4 Å². The van der Waals surface area contributed by atoms with Crippen LogP contribution in [0.4, 0.5) is 0 Å². The average Bonchev–Trinajstić information content (AvgIpc) is 2.78. The highest BCUT2D eigenvalue weighted by atomic mass is 32.2. The second-order valence-electron chi connectivity index (χ2n) is 4.33. The van der Waals surface area contributed by atoms with Crippen LogP contribution in [0, 0.1) is 6.92 Å². The number of thioether (sulfide) groups is 1. The van der Waals surface area contributed by atoms with Gasteiger partial charge >= 0.3 is 5.97 Å². The molecule has 1 aromatic carbocycles. The van der Waals surface area contributed by atoms with E-state index in [-0.39, 0.29) is 11.7 Å². The Morgan fingerprint density at radius 3 is 2.90 bits per heavy atom. The first-order valence-electron chi connectivity index (χ1n) is 6.36. The molecule has 0 amide bonds. The van der Waals surface area contributed by atoms with E-state index in [9.17, 15) is 4.79 Å². The van der Waals surface area contributed by atoms with Gasteiger partial charge in [0.1, 0.15) is 0 Å². The van der Waals surface area contributed by atoms with E-state index < -0.39 is 0 Å². The van der Waals surface area contributed by atoms with Gasteiger partial charge in [0.2, 0.25) is 0 Å². The van der Waals surface area contributed by atoms with Crippen molar-refractivity contribution in [2.24, 2.45) is 7.05 Å². The maximum atomic E-state index is 11.3. The van der Waals surface area contributed by atoms with Gasteiger partial charge in [-0.25, -0.2) is 0 Å². The quantitative estimate of drug-likeness (QED) is 0.625. The van der Waals surface area contributed by atoms with E-state index in [1.54, 1.807) is 6.92 Å². The second kappa shape index (κ2) is 6.56. The van der Waals surface area contributed by atoms with Gasteiger partial charge < -0.3 is 9.30 Å². The molecule has 106 valence electrons. The van der Waals surface area contributed by atoms with Gasteiger partial charge in [-0.15, -0.1) is 10.2 Å². The molecule has 2 rings (SSSR count). The molecule has 5 nitrogen and oxygen atoms in total. The fourth-order valence-electron chi connectivity index (χ4n) is 1.80. The number of carbonyl (C=O) groups excluding carboxylic acids is 1. The van der Waals surface area contributed by atoms with Gasteiger partial charge in [0.25, 0.3) is 0 Å². The topological polar surface area (TPSA) is 57.0 Å². The number of hydrogen-bond acceptors (Lipinski definition) is 5. The molecule has 0 aliphatic rings. The third-order valence-electron chi connectivity index (χ3n) is 2.74. The summed E-state index contributed by atoms with van der Waals surface area (Å²) in [5.41, 5.74) is 2.19. The molecule has 20 heavy (non-hydrogen) atoms. The number of esters is 1. The number of ether oxygens (including phenoxy) is 1. The lowest BCUT2D eigenvalue weighted by Gasteiger charge is -2.04. The summed E-state index contributed by atoms with van der Waals surface area (Å²) in [5, 5.41) is 9.02. The zero-order valence-electron chi connectivity index (χ0n) is 11.8. The van der Waals surface area contributed by atoms with Crippen LogP contribution < -0.4 is 0 Å². The first kappa shape index (κ1) is 14.6. The van der Waals surface area contributed by atoms with Gasteiger partial charge in [-0.05, 0) is 19.9 Å². The summed E-state index contributed by atoms with van der Waals surface area (Å²) in [4.78, 5) is 11.3. The molecule has 0 N–H and O–H groups in total. The van der Waals surface area contributed by atoms with Crippen molar-refractivity contribution >= 4 is 17.7 Å². The Labute approximate surface area is 122 Å². The monoisotopic (exact) mass is 291 g/mol. The molecular formula is C14H17N3O2S. The lowest BCUT2D eigenvalue weighted by atomic mass is 10.1. The molecule has 0 saturated carbocycles. The molecule has 0 atom stereocenters. The Balaban J connectivity index is 2.13. The van der Waals surface area contributed by atoms with Gasteiger partial charge in [0.15, 0.2) is 11.0 Å². The average molecular weight is 291 g/mol. The zero-order chi connectivity index (χ0) is 14.5. The molecule has 6 heteroatoms. The highest BCUT2D eigenvalue weighted by Gasteiger charge is 2.13. The summed E-state index contributed by atoms with van der Waals surface area (Å²) in [6, 6.07) is 8.08. The Morgan fingerprint density at radius 1 is 1.40 bits per heavy atom. The summed E-state index contributed by atoms with van der Waals surface area (Å²) in [6.07, 6.45) is 0. The van der Waals surface area contributed by atoms with Crippen molar-refractivity contribution in [1.29, 1.82) is 0 Å². The van der Waals surface area contributed by atoms with Crippen LogP contribution in [0.3, 0.4) is 0 Å². The Kier molecular flexibility index (Phi) is 4.79. The Hall–Kier alpha value is -1.82. The van der Waals surface area contributed by atoms with Crippen molar-refractivity contribution in [2.45, 2.75) is 19.0 Å². The predicted molar refractivity (Wildman–Crippen MR) is 78.5 cm³/mol. The van der Waals surface area contributed by atoms with E-state index in [0.717, 1.165) is 11.4 Å². The smallest absolute Gasteiger partial charge is 0.316 e. The van der Waals surface area contributed by atoms with Crippen molar-refractivity contribution in [3.05, 3.63) is 29.8 Å². The van der Waals surface area contributed by atoms with Gasteiger partial charge in [0, 0.05) is 12.6 Å². The highest BCUT2D eigenvalue weighted by Crippen LogP contribution is 2.23. The molecule has 0 bridgehead atoms. The van der Waals surface area contributed by atoms with Crippen molar-refractivity contribution in [3.63, 3.8) is 0 Å². The minimum Gasteiger partial charge on any atom is -0.465 e. The minimum atomic E-state index is -0.238. The molecule has 0 fully saturated rings. The fourth-order valence-corrected chi connectivity index (χ4v) is 2.51. The van der Waals surface area contributed by atoms with Crippen molar-refractivity contribution < 1.29 is 9.53 Å². The second-order valence-corrected chi connectivity index (χ2v) is 5.27.